The maximum atomic E-state index is 12.9. The average molecular weight is 413 g/mol. The third kappa shape index (κ3) is 3.70. The van der Waals surface area contributed by atoms with Gasteiger partial charge in [0.2, 0.25) is 5.91 Å². The number of amides is 1. The van der Waals surface area contributed by atoms with Crippen LogP contribution < -0.4 is 4.90 Å². The van der Waals surface area contributed by atoms with Crippen molar-refractivity contribution >= 4 is 27.7 Å². The van der Waals surface area contributed by atoms with E-state index >= 15 is 0 Å². The fraction of sp³-hybridized carbons (Fsp3) is 0.250. The van der Waals surface area contributed by atoms with Crippen LogP contribution in [0.1, 0.15) is 23.9 Å². The van der Waals surface area contributed by atoms with Gasteiger partial charge in [-0.3, -0.25) is 9.69 Å². The SMILES string of the molecule is CCN(C(=O)Cc1c(C)nn(-c2ccccc2)c1C)c1ccc(Br)cn1. The molecule has 134 valence electrons. The molecule has 1 amide bonds. The Bertz CT molecular complexity index is 904. The van der Waals surface area contributed by atoms with Gasteiger partial charge in [-0.2, -0.15) is 5.10 Å². The molecule has 0 bridgehead atoms. The number of carbonyl (C=O) groups is 1. The van der Waals surface area contributed by atoms with Crippen LogP contribution in [0, 0.1) is 13.8 Å². The number of pyridine rings is 1. The van der Waals surface area contributed by atoms with Crippen LogP contribution in [0.3, 0.4) is 0 Å². The predicted molar refractivity (Wildman–Crippen MR) is 107 cm³/mol. The van der Waals surface area contributed by atoms with Crippen LogP contribution in [0.15, 0.2) is 53.1 Å². The molecule has 0 fully saturated rings. The number of hydrogen-bond acceptors (Lipinski definition) is 3. The van der Waals surface area contributed by atoms with Gasteiger partial charge in [0.1, 0.15) is 5.82 Å². The normalized spacial score (nSPS) is 10.8. The standard InChI is InChI=1S/C20H21BrN4O/c1-4-24(19-11-10-16(21)13-22-19)20(26)12-18-14(2)23-25(15(18)3)17-8-6-5-7-9-17/h5-11,13H,4,12H2,1-3H3. The Balaban J connectivity index is 1.87. The fourth-order valence-corrected chi connectivity index (χ4v) is 3.23. The molecule has 0 aliphatic rings. The number of likely N-dealkylation sites (N-methyl/N-ethyl adjacent to an activating group) is 1. The molecule has 0 spiro atoms. The first-order valence-electron chi connectivity index (χ1n) is 8.53. The smallest absolute Gasteiger partial charge is 0.232 e. The van der Waals surface area contributed by atoms with E-state index in [1.54, 1.807) is 11.1 Å². The minimum atomic E-state index is 0.0149. The van der Waals surface area contributed by atoms with E-state index < -0.39 is 0 Å². The summed E-state index contributed by atoms with van der Waals surface area (Å²) in [6.45, 7) is 6.47. The molecule has 0 saturated heterocycles. The number of anilines is 1. The second-order valence-corrected chi connectivity index (χ2v) is 6.96. The van der Waals surface area contributed by atoms with Crippen molar-refractivity contribution in [1.82, 2.24) is 14.8 Å². The Morgan fingerprint density at radius 1 is 1.15 bits per heavy atom. The lowest BCUT2D eigenvalue weighted by molar-refractivity contribution is -0.118. The van der Waals surface area contributed by atoms with E-state index in [-0.39, 0.29) is 5.91 Å². The van der Waals surface area contributed by atoms with Gasteiger partial charge in [0.25, 0.3) is 0 Å². The molecule has 0 unspecified atom stereocenters. The van der Waals surface area contributed by atoms with Gasteiger partial charge in [-0.25, -0.2) is 9.67 Å². The molecule has 2 aromatic heterocycles. The van der Waals surface area contributed by atoms with E-state index in [1.165, 1.54) is 0 Å². The van der Waals surface area contributed by atoms with E-state index in [4.69, 9.17) is 0 Å². The number of halogens is 1. The van der Waals surface area contributed by atoms with Crippen molar-refractivity contribution in [1.29, 1.82) is 0 Å². The van der Waals surface area contributed by atoms with Gasteiger partial charge in [0.05, 0.1) is 17.8 Å². The van der Waals surface area contributed by atoms with E-state index in [2.05, 4.69) is 26.0 Å². The number of para-hydroxylation sites is 1. The second-order valence-electron chi connectivity index (χ2n) is 6.05. The highest BCUT2D eigenvalue weighted by atomic mass is 79.9. The van der Waals surface area contributed by atoms with Crippen molar-refractivity contribution in [2.75, 3.05) is 11.4 Å². The lowest BCUT2D eigenvalue weighted by Crippen LogP contribution is -2.32. The molecule has 5 nitrogen and oxygen atoms in total. The molecule has 0 aliphatic carbocycles. The quantitative estimate of drug-likeness (QED) is 0.629. The topological polar surface area (TPSA) is 51.0 Å². The number of nitrogens with zero attached hydrogens (tertiary/aromatic N) is 4. The lowest BCUT2D eigenvalue weighted by atomic mass is 10.1. The van der Waals surface area contributed by atoms with Gasteiger partial charge < -0.3 is 0 Å². The molecule has 2 heterocycles. The maximum Gasteiger partial charge on any atom is 0.232 e. The van der Waals surface area contributed by atoms with Gasteiger partial charge in [0.15, 0.2) is 0 Å². The van der Waals surface area contributed by atoms with Crippen LogP contribution >= 0.6 is 15.9 Å². The first-order chi connectivity index (χ1) is 12.5. The Morgan fingerprint density at radius 2 is 1.88 bits per heavy atom. The number of carbonyl (C=O) groups excluding carboxylic acids is 1. The number of hydrogen-bond donors (Lipinski definition) is 0. The van der Waals surface area contributed by atoms with Crippen molar-refractivity contribution in [3.05, 3.63) is 70.1 Å². The highest BCUT2D eigenvalue weighted by Crippen LogP contribution is 2.21. The zero-order chi connectivity index (χ0) is 18.7. The van der Waals surface area contributed by atoms with Crippen molar-refractivity contribution in [3.63, 3.8) is 0 Å². The Labute approximate surface area is 161 Å². The highest BCUT2D eigenvalue weighted by Gasteiger charge is 2.20. The molecule has 0 aliphatic heterocycles. The summed E-state index contributed by atoms with van der Waals surface area (Å²) in [5.74, 6) is 0.674. The van der Waals surface area contributed by atoms with E-state index in [9.17, 15) is 4.79 Å². The van der Waals surface area contributed by atoms with Crippen LogP contribution in [0.2, 0.25) is 0 Å². The molecular weight excluding hydrogens is 392 g/mol. The number of rotatable bonds is 5. The van der Waals surface area contributed by atoms with Crippen molar-refractivity contribution in [3.8, 4) is 5.69 Å². The van der Waals surface area contributed by atoms with Crippen LogP contribution in [0.25, 0.3) is 5.69 Å². The lowest BCUT2D eigenvalue weighted by Gasteiger charge is -2.20. The molecule has 6 heteroatoms. The van der Waals surface area contributed by atoms with Crippen LogP contribution in [0.4, 0.5) is 5.82 Å². The molecule has 0 radical (unpaired) electrons. The molecule has 3 rings (SSSR count). The predicted octanol–water partition coefficient (Wildman–Crippen LogP) is 4.24. The van der Waals surface area contributed by atoms with Gasteiger partial charge in [-0.15, -0.1) is 0 Å². The number of aryl methyl sites for hydroxylation is 1. The number of benzene rings is 1. The minimum absolute atomic E-state index is 0.0149. The van der Waals surface area contributed by atoms with Crippen molar-refractivity contribution in [2.45, 2.75) is 27.2 Å². The molecule has 26 heavy (non-hydrogen) atoms. The summed E-state index contributed by atoms with van der Waals surface area (Å²) in [6, 6.07) is 13.7. The third-order valence-corrected chi connectivity index (χ3v) is 4.84. The minimum Gasteiger partial charge on any atom is -0.297 e. The summed E-state index contributed by atoms with van der Waals surface area (Å²) in [4.78, 5) is 19.0. The summed E-state index contributed by atoms with van der Waals surface area (Å²) in [6.07, 6.45) is 2.01. The van der Waals surface area contributed by atoms with Crippen molar-refractivity contribution in [2.24, 2.45) is 0 Å². The zero-order valence-electron chi connectivity index (χ0n) is 15.1. The van der Waals surface area contributed by atoms with Crippen LogP contribution in [-0.2, 0) is 11.2 Å². The summed E-state index contributed by atoms with van der Waals surface area (Å²) < 4.78 is 2.78. The van der Waals surface area contributed by atoms with Gasteiger partial charge in [-0.1, -0.05) is 18.2 Å². The Kier molecular flexibility index (Phi) is 5.52. The third-order valence-electron chi connectivity index (χ3n) is 4.38. The van der Waals surface area contributed by atoms with Gasteiger partial charge in [-0.05, 0) is 61.0 Å². The van der Waals surface area contributed by atoms with E-state index in [0.717, 1.165) is 27.1 Å². The Morgan fingerprint density at radius 3 is 2.50 bits per heavy atom. The molecular formula is C20H21BrN4O. The zero-order valence-corrected chi connectivity index (χ0v) is 16.7. The number of aromatic nitrogens is 3. The molecule has 0 N–H and O–H groups in total. The molecule has 0 saturated carbocycles. The second kappa shape index (κ2) is 7.83. The molecule has 0 atom stereocenters. The average Bonchev–Trinajstić information content (AvgIpc) is 2.93. The first-order valence-corrected chi connectivity index (χ1v) is 9.33. The summed E-state index contributed by atoms with van der Waals surface area (Å²) in [5.41, 5.74) is 3.82. The van der Waals surface area contributed by atoms with E-state index in [0.29, 0.717) is 18.8 Å². The maximum absolute atomic E-state index is 12.9. The fourth-order valence-electron chi connectivity index (χ4n) is 2.99. The van der Waals surface area contributed by atoms with Gasteiger partial charge >= 0.3 is 0 Å². The van der Waals surface area contributed by atoms with E-state index in [1.807, 2.05) is 67.9 Å². The van der Waals surface area contributed by atoms with Crippen LogP contribution in [-0.4, -0.2) is 27.2 Å². The van der Waals surface area contributed by atoms with Gasteiger partial charge in [0, 0.05) is 28.5 Å². The Hall–Kier alpha value is -2.47. The summed E-state index contributed by atoms with van der Waals surface area (Å²) in [7, 11) is 0. The molecule has 3 aromatic rings. The summed E-state index contributed by atoms with van der Waals surface area (Å²) >= 11 is 3.37. The monoisotopic (exact) mass is 412 g/mol. The highest BCUT2D eigenvalue weighted by molar-refractivity contribution is 9.10. The van der Waals surface area contributed by atoms with Crippen LogP contribution in [0.5, 0.6) is 0 Å². The van der Waals surface area contributed by atoms with Crippen molar-refractivity contribution < 1.29 is 4.79 Å². The largest absolute Gasteiger partial charge is 0.297 e. The summed E-state index contributed by atoms with van der Waals surface area (Å²) in [5, 5.41) is 4.63. The molecule has 1 aromatic carbocycles. The first kappa shape index (κ1) is 18.3.